The number of carbonyl (C=O) groups is 1. The van der Waals surface area contributed by atoms with Crippen molar-refractivity contribution in [1.82, 2.24) is 20.6 Å². The van der Waals surface area contributed by atoms with Crippen LogP contribution in [0.25, 0.3) is 21.8 Å². The molecule has 1 unspecified atom stereocenters. The van der Waals surface area contributed by atoms with Crippen molar-refractivity contribution in [1.29, 1.82) is 0 Å². The second-order valence-electron chi connectivity index (χ2n) is 6.77. The third kappa shape index (κ3) is 2.79. The minimum atomic E-state index is -0.448. The van der Waals surface area contributed by atoms with Crippen LogP contribution in [0.4, 0.5) is 0 Å². The van der Waals surface area contributed by atoms with Gasteiger partial charge in [-0.2, -0.15) is 0 Å². The van der Waals surface area contributed by atoms with Gasteiger partial charge in [-0.1, -0.05) is 35.3 Å². The number of amides is 1. The Morgan fingerprint density at radius 3 is 2.11 bits per heavy atom. The number of halogens is 2. The van der Waals surface area contributed by atoms with Crippen LogP contribution in [0.5, 0.6) is 0 Å². The van der Waals surface area contributed by atoms with E-state index in [0.29, 0.717) is 16.6 Å². The van der Waals surface area contributed by atoms with Crippen molar-refractivity contribution in [2.45, 2.75) is 12.1 Å². The zero-order valence-electron chi connectivity index (χ0n) is 14.1. The predicted octanol–water partition coefficient (Wildman–Crippen LogP) is 4.46. The molecule has 0 aliphatic carbocycles. The van der Waals surface area contributed by atoms with Crippen LogP contribution >= 0.6 is 23.2 Å². The Labute approximate surface area is 165 Å². The summed E-state index contributed by atoms with van der Waals surface area (Å²) in [6.45, 7) is 0.527. The lowest BCUT2D eigenvalue weighted by atomic mass is 9.97. The Balaban J connectivity index is 1.53. The van der Waals surface area contributed by atoms with Crippen molar-refractivity contribution >= 4 is 50.9 Å². The Bertz CT molecular complexity index is 1180. The molecular formula is C20H16Cl2N4O. The maximum atomic E-state index is 12.6. The molecule has 0 bridgehead atoms. The lowest BCUT2D eigenvalue weighted by Gasteiger charge is -2.31. The maximum absolute atomic E-state index is 12.6. The van der Waals surface area contributed by atoms with Crippen LogP contribution in [0.3, 0.4) is 0 Å². The number of aromatic amines is 2. The molecule has 5 rings (SSSR count). The van der Waals surface area contributed by atoms with Crippen LogP contribution in [0.2, 0.25) is 10.0 Å². The third-order valence-electron chi connectivity index (χ3n) is 5.15. The Kier molecular flexibility index (Phi) is 3.90. The SMILES string of the molecule is O=C1NCC(c2c[nH]c3cc(Cl)ccc23)N[C@H]1c1c[nH]c2cc(Cl)ccc12. The van der Waals surface area contributed by atoms with Gasteiger partial charge in [0.15, 0.2) is 0 Å². The van der Waals surface area contributed by atoms with E-state index in [1.807, 2.05) is 48.8 Å². The molecule has 2 aromatic carbocycles. The number of aromatic nitrogens is 2. The standard InChI is InChI=1S/C20H16Cl2N4O/c21-10-1-3-12-14(7-23-16(12)5-10)18-9-25-20(27)19(26-18)15-8-24-17-6-11(22)2-4-13(15)17/h1-8,18-19,23-24,26H,9H2,(H,25,27)/t18?,19-/m0/s1. The number of H-pyrrole nitrogens is 2. The molecule has 0 radical (unpaired) electrons. The van der Waals surface area contributed by atoms with Crippen molar-refractivity contribution in [3.63, 3.8) is 0 Å². The number of piperazine rings is 1. The highest BCUT2D eigenvalue weighted by Gasteiger charge is 2.32. The number of fused-ring (bicyclic) bond motifs is 2. The zero-order chi connectivity index (χ0) is 18.5. The molecule has 3 heterocycles. The van der Waals surface area contributed by atoms with Crippen molar-refractivity contribution in [3.05, 3.63) is 70.0 Å². The topological polar surface area (TPSA) is 72.7 Å². The number of hydrogen-bond acceptors (Lipinski definition) is 2. The van der Waals surface area contributed by atoms with Crippen molar-refractivity contribution in [2.75, 3.05) is 6.54 Å². The highest BCUT2D eigenvalue weighted by Crippen LogP contribution is 2.33. The molecule has 1 aliphatic rings. The highest BCUT2D eigenvalue weighted by molar-refractivity contribution is 6.31. The molecule has 1 saturated heterocycles. The molecule has 2 aromatic heterocycles. The van der Waals surface area contributed by atoms with Gasteiger partial charge in [0.1, 0.15) is 6.04 Å². The van der Waals surface area contributed by atoms with E-state index in [4.69, 9.17) is 23.2 Å². The molecule has 27 heavy (non-hydrogen) atoms. The second kappa shape index (κ2) is 6.30. The molecule has 7 heteroatoms. The average molecular weight is 399 g/mol. The summed E-state index contributed by atoms with van der Waals surface area (Å²) in [5, 5.41) is 9.96. The molecule has 2 atom stereocenters. The van der Waals surface area contributed by atoms with Gasteiger partial charge in [-0.3, -0.25) is 10.1 Å². The second-order valence-corrected chi connectivity index (χ2v) is 7.64. The first-order valence-electron chi connectivity index (χ1n) is 8.67. The normalized spacial score (nSPS) is 20.3. The molecule has 1 fully saturated rings. The smallest absolute Gasteiger partial charge is 0.241 e. The van der Waals surface area contributed by atoms with E-state index in [2.05, 4.69) is 20.6 Å². The maximum Gasteiger partial charge on any atom is 0.241 e. The third-order valence-corrected chi connectivity index (χ3v) is 5.62. The van der Waals surface area contributed by atoms with Crippen LogP contribution in [0.15, 0.2) is 48.8 Å². The summed E-state index contributed by atoms with van der Waals surface area (Å²) in [6, 6.07) is 11.0. The minimum Gasteiger partial charge on any atom is -0.361 e. The van der Waals surface area contributed by atoms with Gasteiger partial charge >= 0.3 is 0 Å². The van der Waals surface area contributed by atoms with E-state index in [9.17, 15) is 4.79 Å². The molecular weight excluding hydrogens is 383 g/mol. The number of rotatable bonds is 2. The monoisotopic (exact) mass is 398 g/mol. The van der Waals surface area contributed by atoms with Gasteiger partial charge in [0, 0.05) is 56.4 Å². The summed E-state index contributed by atoms with van der Waals surface area (Å²) in [7, 11) is 0. The van der Waals surface area contributed by atoms with Gasteiger partial charge in [0.25, 0.3) is 0 Å². The molecule has 1 aliphatic heterocycles. The number of benzene rings is 2. The number of carbonyl (C=O) groups excluding carboxylic acids is 1. The van der Waals surface area contributed by atoms with E-state index in [1.54, 1.807) is 0 Å². The molecule has 0 saturated carbocycles. The Morgan fingerprint density at radius 1 is 0.852 bits per heavy atom. The molecule has 1 amide bonds. The predicted molar refractivity (Wildman–Crippen MR) is 108 cm³/mol. The lowest BCUT2D eigenvalue weighted by molar-refractivity contribution is -0.125. The highest BCUT2D eigenvalue weighted by atomic mass is 35.5. The van der Waals surface area contributed by atoms with E-state index < -0.39 is 6.04 Å². The van der Waals surface area contributed by atoms with Crippen LogP contribution in [-0.2, 0) is 4.79 Å². The summed E-state index contributed by atoms with van der Waals surface area (Å²) in [5.74, 6) is -0.0371. The van der Waals surface area contributed by atoms with Crippen LogP contribution in [0.1, 0.15) is 23.2 Å². The van der Waals surface area contributed by atoms with Crippen molar-refractivity contribution in [3.8, 4) is 0 Å². The van der Waals surface area contributed by atoms with Gasteiger partial charge in [-0.15, -0.1) is 0 Å². The van der Waals surface area contributed by atoms with Gasteiger partial charge in [0.05, 0.1) is 6.04 Å². The molecule has 5 nitrogen and oxygen atoms in total. The zero-order valence-corrected chi connectivity index (χ0v) is 15.7. The van der Waals surface area contributed by atoms with E-state index in [0.717, 1.165) is 32.9 Å². The molecule has 136 valence electrons. The fourth-order valence-electron chi connectivity index (χ4n) is 3.84. The first-order valence-corrected chi connectivity index (χ1v) is 9.42. The lowest BCUT2D eigenvalue weighted by Crippen LogP contribution is -2.49. The molecule has 4 N–H and O–H groups in total. The summed E-state index contributed by atoms with van der Waals surface area (Å²) in [5.41, 5.74) is 3.91. The fourth-order valence-corrected chi connectivity index (χ4v) is 4.18. The number of nitrogens with one attached hydrogen (secondary N) is 4. The summed E-state index contributed by atoms with van der Waals surface area (Å²) < 4.78 is 0. The van der Waals surface area contributed by atoms with Crippen molar-refractivity contribution in [2.24, 2.45) is 0 Å². The largest absolute Gasteiger partial charge is 0.361 e. The van der Waals surface area contributed by atoms with Crippen LogP contribution in [-0.4, -0.2) is 22.4 Å². The van der Waals surface area contributed by atoms with Crippen molar-refractivity contribution < 1.29 is 4.79 Å². The molecule has 0 spiro atoms. The summed E-state index contributed by atoms with van der Waals surface area (Å²) in [4.78, 5) is 19.1. The van der Waals surface area contributed by atoms with Crippen LogP contribution in [0, 0.1) is 0 Å². The summed E-state index contributed by atoms with van der Waals surface area (Å²) in [6.07, 6.45) is 3.85. The van der Waals surface area contributed by atoms with Gasteiger partial charge in [-0.25, -0.2) is 0 Å². The fraction of sp³-hybridized carbons (Fsp3) is 0.150. The van der Waals surface area contributed by atoms with Gasteiger partial charge in [0.2, 0.25) is 5.91 Å². The van der Waals surface area contributed by atoms with E-state index >= 15 is 0 Å². The minimum absolute atomic E-state index is 0.0140. The quantitative estimate of drug-likeness (QED) is 0.402. The van der Waals surface area contributed by atoms with E-state index in [-0.39, 0.29) is 11.9 Å². The molecule has 4 aromatic rings. The summed E-state index contributed by atoms with van der Waals surface area (Å²) >= 11 is 12.2. The van der Waals surface area contributed by atoms with Gasteiger partial charge in [-0.05, 0) is 29.8 Å². The Hall–Kier alpha value is -2.47. The first kappa shape index (κ1) is 16.7. The van der Waals surface area contributed by atoms with E-state index in [1.165, 1.54) is 0 Å². The first-order chi connectivity index (χ1) is 13.1. The average Bonchev–Trinajstić information content (AvgIpc) is 3.25. The van der Waals surface area contributed by atoms with Gasteiger partial charge < -0.3 is 15.3 Å². The number of hydrogen-bond donors (Lipinski definition) is 4. The van der Waals surface area contributed by atoms with Crippen LogP contribution < -0.4 is 10.6 Å². The Morgan fingerprint density at radius 2 is 1.44 bits per heavy atom.